The smallest absolute Gasteiger partial charge is 0.332 e. The minimum Gasteiger partial charge on any atom is -0.495 e. The molecule has 2 fully saturated rings. The van der Waals surface area contributed by atoms with Crippen LogP contribution in [0.3, 0.4) is 0 Å². The molecule has 2 saturated heterocycles. The van der Waals surface area contributed by atoms with Crippen molar-refractivity contribution in [3.05, 3.63) is 87.6 Å². The van der Waals surface area contributed by atoms with Gasteiger partial charge in [-0.3, -0.25) is 23.6 Å². The average Bonchev–Trinajstić information content (AvgIpc) is 3.30. The number of para-hydroxylation sites is 4. The highest BCUT2D eigenvalue weighted by molar-refractivity contribution is 5.92. The quantitative estimate of drug-likeness (QED) is 0.185. The van der Waals surface area contributed by atoms with Gasteiger partial charge in [0.05, 0.1) is 32.5 Å². The first kappa shape index (κ1) is 42.4. The van der Waals surface area contributed by atoms with Gasteiger partial charge in [-0.25, -0.2) is 9.78 Å². The number of carbonyl (C=O) groups excluding carboxylic acids is 1. The van der Waals surface area contributed by atoms with E-state index in [0.717, 1.165) is 55.1 Å². The highest BCUT2D eigenvalue weighted by atomic mass is 16.6. The molecule has 1 unspecified atom stereocenters. The number of methoxy groups -OCH3 is 3. The van der Waals surface area contributed by atoms with Gasteiger partial charge in [-0.05, 0) is 43.3 Å². The van der Waals surface area contributed by atoms with E-state index in [0.29, 0.717) is 84.2 Å². The summed E-state index contributed by atoms with van der Waals surface area (Å²) in [7, 11) is 8.00. The number of carbonyl (C=O) groups is 1. The predicted molar refractivity (Wildman–Crippen MR) is 234 cm³/mol. The number of anilines is 4. The summed E-state index contributed by atoms with van der Waals surface area (Å²) in [6.07, 6.45) is 0.291. The highest BCUT2D eigenvalue weighted by Gasteiger charge is 2.33. The number of fused-ring (bicyclic) bond motifs is 2. The molecule has 0 radical (unpaired) electrons. The lowest BCUT2D eigenvalue weighted by atomic mass is 10.2. The summed E-state index contributed by atoms with van der Waals surface area (Å²) < 4.78 is 30.3. The molecule has 5 heterocycles. The van der Waals surface area contributed by atoms with Gasteiger partial charge in [0.2, 0.25) is 12.1 Å². The van der Waals surface area contributed by atoms with E-state index in [1.54, 1.807) is 51.5 Å². The van der Waals surface area contributed by atoms with Crippen LogP contribution in [-0.4, -0.2) is 134 Å². The van der Waals surface area contributed by atoms with Crippen molar-refractivity contribution >= 4 is 40.1 Å². The first-order valence-corrected chi connectivity index (χ1v) is 20.3. The third-order valence-electron chi connectivity index (χ3n) is 11.2. The molecule has 0 bridgehead atoms. The van der Waals surface area contributed by atoms with Crippen LogP contribution >= 0.6 is 0 Å². The second-order valence-corrected chi connectivity index (χ2v) is 14.9. The summed E-state index contributed by atoms with van der Waals surface area (Å²) in [5.41, 5.74) is 7.43. The van der Waals surface area contributed by atoms with Crippen LogP contribution in [0.4, 0.5) is 23.3 Å². The van der Waals surface area contributed by atoms with Crippen molar-refractivity contribution in [1.29, 1.82) is 0 Å². The first-order valence-electron chi connectivity index (χ1n) is 20.3. The van der Waals surface area contributed by atoms with Crippen LogP contribution in [-0.2, 0) is 18.9 Å². The molecule has 2 aromatic heterocycles. The van der Waals surface area contributed by atoms with Crippen molar-refractivity contribution in [2.45, 2.75) is 12.5 Å². The number of benzene rings is 3. The van der Waals surface area contributed by atoms with Crippen molar-refractivity contribution in [3.8, 4) is 28.7 Å². The molecular formula is C43H54N10O8. The zero-order valence-electron chi connectivity index (χ0n) is 35.3. The number of piperazine rings is 2. The number of nitrogens with zero attached hydrogens (tertiary/aromatic N) is 8. The lowest BCUT2D eigenvalue weighted by molar-refractivity contribution is -0.141. The average molecular weight is 839 g/mol. The van der Waals surface area contributed by atoms with Crippen molar-refractivity contribution in [2.75, 3.05) is 114 Å². The van der Waals surface area contributed by atoms with E-state index in [-0.39, 0.29) is 23.8 Å². The van der Waals surface area contributed by atoms with Crippen LogP contribution in [0.2, 0.25) is 0 Å². The zero-order chi connectivity index (χ0) is 43.0. The van der Waals surface area contributed by atoms with E-state index in [1.807, 2.05) is 41.3 Å². The van der Waals surface area contributed by atoms with E-state index in [9.17, 15) is 14.4 Å². The lowest BCUT2D eigenvalue weighted by Crippen LogP contribution is -2.54. The predicted octanol–water partition coefficient (Wildman–Crippen LogP) is 2.43. The standard InChI is InChI=1S/C23H25N5O5.C20H29N5O3/c1-30-18-11-14-15(12-19(18)31-2)25-23(26-21(14)24)28-9-7-27(8-10-28)22(29)20-13-32-16-5-3-4-6-17(16)33-20;1-22-18(15-19(26)23(2)20(22)27)21-9-6-10-24-11-13-25(14-12-24)16-7-4-5-8-17(16)28-3/h3-6,11-12,20H,7-10,13H2,1-2H3,(H2,24,25,26);4-5,7-8,15,21H,6,9-14H2,1-3H3. The Hall–Kier alpha value is -6.69. The third-order valence-corrected chi connectivity index (χ3v) is 11.2. The number of nitrogens with one attached hydrogen (secondary N) is 1. The molecular weight excluding hydrogens is 785 g/mol. The Morgan fingerprint density at radius 2 is 1.44 bits per heavy atom. The van der Waals surface area contributed by atoms with Crippen LogP contribution in [0, 0.1) is 0 Å². The van der Waals surface area contributed by atoms with Crippen LogP contribution in [0.25, 0.3) is 10.9 Å². The van der Waals surface area contributed by atoms with Gasteiger partial charge in [-0.15, -0.1) is 0 Å². The Kier molecular flexibility index (Phi) is 13.3. The van der Waals surface area contributed by atoms with Gasteiger partial charge >= 0.3 is 5.69 Å². The maximum atomic E-state index is 13.0. The first-order chi connectivity index (χ1) is 29.6. The molecule has 1 atom stereocenters. The van der Waals surface area contributed by atoms with Crippen molar-refractivity contribution in [1.82, 2.24) is 28.9 Å². The van der Waals surface area contributed by atoms with E-state index < -0.39 is 6.10 Å². The number of aromatic nitrogens is 4. The monoisotopic (exact) mass is 838 g/mol. The lowest BCUT2D eigenvalue weighted by Gasteiger charge is -2.37. The summed E-state index contributed by atoms with van der Waals surface area (Å²) in [5, 5.41) is 3.90. The molecule has 18 heteroatoms. The number of amides is 1. The van der Waals surface area contributed by atoms with Crippen LogP contribution in [0.1, 0.15) is 6.42 Å². The van der Waals surface area contributed by atoms with Crippen LogP contribution < -0.4 is 55.8 Å². The minimum atomic E-state index is -0.651. The Bertz CT molecular complexity index is 2440. The number of rotatable bonds is 11. The number of nitrogens with two attached hydrogens (primary N) is 1. The van der Waals surface area contributed by atoms with Crippen molar-refractivity contribution in [3.63, 3.8) is 0 Å². The fraction of sp³-hybridized carbons (Fsp3) is 0.419. The molecule has 3 aliphatic rings. The Morgan fingerprint density at radius 1 is 0.787 bits per heavy atom. The van der Waals surface area contributed by atoms with Gasteiger partial charge in [0.25, 0.3) is 11.5 Å². The second kappa shape index (κ2) is 19.1. The normalized spacial score (nSPS) is 16.4. The molecule has 3 aliphatic heterocycles. The highest BCUT2D eigenvalue weighted by Crippen LogP contribution is 2.35. The number of hydrogen-bond acceptors (Lipinski definition) is 15. The second-order valence-electron chi connectivity index (χ2n) is 14.9. The molecule has 5 aromatic rings. The summed E-state index contributed by atoms with van der Waals surface area (Å²) in [4.78, 5) is 54.5. The molecule has 61 heavy (non-hydrogen) atoms. The van der Waals surface area contributed by atoms with Crippen LogP contribution in [0.15, 0.2) is 76.3 Å². The van der Waals surface area contributed by atoms with Gasteiger partial charge in [0.15, 0.2) is 23.0 Å². The summed E-state index contributed by atoms with van der Waals surface area (Å²) in [5.74, 6) is 4.66. The molecule has 3 aromatic carbocycles. The molecule has 3 N–H and O–H groups in total. The van der Waals surface area contributed by atoms with Gasteiger partial charge in [-0.1, -0.05) is 24.3 Å². The van der Waals surface area contributed by atoms with Gasteiger partial charge in [0.1, 0.15) is 24.0 Å². The summed E-state index contributed by atoms with van der Waals surface area (Å²) >= 11 is 0. The van der Waals surface area contributed by atoms with Gasteiger partial charge < -0.3 is 49.4 Å². The molecule has 18 nitrogen and oxygen atoms in total. The zero-order valence-corrected chi connectivity index (χ0v) is 35.3. The van der Waals surface area contributed by atoms with Gasteiger partial charge in [0, 0.05) is 90.5 Å². The maximum absolute atomic E-state index is 13.0. The van der Waals surface area contributed by atoms with E-state index >= 15 is 0 Å². The number of ether oxygens (including phenoxy) is 5. The topological polar surface area (TPSA) is 184 Å². The SMILES string of the molecule is COc1cc2nc(N3CCN(C(=O)C4COc5ccccc5O4)CC3)nc(N)c2cc1OC.COc1ccccc1N1CCN(CCCNc2cc(=O)n(C)c(=O)n2C)CC1. The Morgan fingerprint density at radius 3 is 2.16 bits per heavy atom. The molecule has 324 valence electrons. The van der Waals surface area contributed by atoms with E-state index in [2.05, 4.69) is 31.2 Å². The number of hydrogen-bond donors (Lipinski definition) is 2. The van der Waals surface area contributed by atoms with Gasteiger partial charge in [-0.2, -0.15) is 4.98 Å². The van der Waals surface area contributed by atoms with E-state index in [1.165, 1.54) is 17.7 Å². The maximum Gasteiger partial charge on any atom is 0.332 e. The summed E-state index contributed by atoms with van der Waals surface area (Å²) in [6.45, 7) is 8.03. The fourth-order valence-electron chi connectivity index (χ4n) is 7.60. The Balaban J connectivity index is 0.000000187. The van der Waals surface area contributed by atoms with Crippen molar-refractivity contribution < 1.29 is 28.5 Å². The van der Waals surface area contributed by atoms with Crippen molar-refractivity contribution in [2.24, 2.45) is 14.1 Å². The summed E-state index contributed by atoms with van der Waals surface area (Å²) in [6, 6.07) is 20.5. The molecule has 8 rings (SSSR count). The largest absolute Gasteiger partial charge is 0.495 e. The fourth-order valence-corrected chi connectivity index (χ4v) is 7.60. The Labute approximate surface area is 353 Å². The minimum absolute atomic E-state index is 0.0834. The molecule has 0 saturated carbocycles. The third kappa shape index (κ3) is 9.54. The number of nitrogen functional groups attached to an aromatic ring is 1. The molecule has 0 spiro atoms. The molecule has 0 aliphatic carbocycles. The van der Waals surface area contributed by atoms with E-state index in [4.69, 9.17) is 29.4 Å². The molecule has 1 amide bonds. The van der Waals surface area contributed by atoms with Crippen LogP contribution in [0.5, 0.6) is 28.7 Å².